The SMILES string of the molecule is CCCCCC(=O)CCC(=O)CCCO[Si](C)(C)C(C)(C)C. The largest absolute Gasteiger partial charge is 0.417 e. The minimum Gasteiger partial charge on any atom is -0.417 e. The monoisotopic (exact) mass is 328 g/mol. The molecule has 0 saturated carbocycles. The lowest BCUT2D eigenvalue weighted by Gasteiger charge is -2.36. The Balaban J connectivity index is 3.77. The van der Waals surface area contributed by atoms with E-state index >= 15 is 0 Å². The van der Waals surface area contributed by atoms with Crippen molar-refractivity contribution in [1.29, 1.82) is 0 Å². The lowest BCUT2D eigenvalue weighted by molar-refractivity contribution is -0.124. The topological polar surface area (TPSA) is 43.4 Å². The van der Waals surface area contributed by atoms with E-state index in [1.807, 2.05) is 0 Å². The fourth-order valence-electron chi connectivity index (χ4n) is 1.91. The average molecular weight is 329 g/mol. The van der Waals surface area contributed by atoms with Gasteiger partial charge in [0.2, 0.25) is 0 Å². The molecule has 0 spiro atoms. The maximum absolute atomic E-state index is 11.8. The van der Waals surface area contributed by atoms with Crippen molar-refractivity contribution < 1.29 is 14.0 Å². The third kappa shape index (κ3) is 9.52. The lowest BCUT2D eigenvalue weighted by atomic mass is 10.0. The van der Waals surface area contributed by atoms with Crippen LogP contribution in [0.3, 0.4) is 0 Å². The smallest absolute Gasteiger partial charge is 0.191 e. The second kappa shape index (κ2) is 10.3. The van der Waals surface area contributed by atoms with Crippen LogP contribution in [0.15, 0.2) is 0 Å². The fraction of sp³-hybridized carbons (Fsp3) is 0.889. The van der Waals surface area contributed by atoms with Gasteiger partial charge in [0.25, 0.3) is 0 Å². The standard InChI is InChI=1S/C18H36O3Si/c1-7-8-9-11-16(19)13-14-17(20)12-10-15-21-22(5,6)18(2,3)4/h7-15H2,1-6H3. The molecule has 0 aliphatic heterocycles. The molecule has 0 aliphatic carbocycles. The van der Waals surface area contributed by atoms with Crippen LogP contribution in [0, 0.1) is 0 Å². The molecular formula is C18H36O3Si. The number of hydrogen-bond acceptors (Lipinski definition) is 3. The Morgan fingerprint density at radius 1 is 0.864 bits per heavy atom. The Hall–Kier alpha value is -0.483. The van der Waals surface area contributed by atoms with Crippen LogP contribution in [0.4, 0.5) is 0 Å². The highest BCUT2D eigenvalue weighted by molar-refractivity contribution is 6.74. The molecule has 4 heteroatoms. The van der Waals surface area contributed by atoms with Gasteiger partial charge in [-0.2, -0.15) is 0 Å². The number of ketones is 2. The van der Waals surface area contributed by atoms with Gasteiger partial charge < -0.3 is 4.43 Å². The van der Waals surface area contributed by atoms with Crippen molar-refractivity contribution in [1.82, 2.24) is 0 Å². The van der Waals surface area contributed by atoms with Gasteiger partial charge in [0.1, 0.15) is 11.6 Å². The second-order valence-corrected chi connectivity index (χ2v) is 12.6. The Kier molecular flexibility index (Phi) is 10.1. The molecule has 0 radical (unpaired) electrons. The minimum atomic E-state index is -1.70. The first-order valence-electron chi connectivity index (χ1n) is 8.77. The molecule has 0 unspecified atom stereocenters. The van der Waals surface area contributed by atoms with Crippen molar-refractivity contribution in [2.45, 2.75) is 97.2 Å². The first-order chi connectivity index (χ1) is 10.1. The number of Topliss-reactive ketones (excluding diaryl/α,β-unsaturated/α-hetero) is 2. The summed E-state index contributed by atoms with van der Waals surface area (Å²) in [6.45, 7) is 13.9. The molecule has 0 heterocycles. The van der Waals surface area contributed by atoms with Crippen LogP contribution in [0.1, 0.15) is 79.1 Å². The first kappa shape index (κ1) is 21.5. The highest BCUT2D eigenvalue weighted by Gasteiger charge is 2.36. The van der Waals surface area contributed by atoms with Gasteiger partial charge in [0.05, 0.1) is 0 Å². The molecule has 0 rings (SSSR count). The van der Waals surface area contributed by atoms with Gasteiger partial charge in [-0.15, -0.1) is 0 Å². The molecule has 0 amide bonds. The van der Waals surface area contributed by atoms with E-state index in [9.17, 15) is 9.59 Å². The molecule has 0 N–H and O–H groups in total. The zero-order valence-electron chi connectivity index (χ0n) is 15.6. The van der Waals surface area contributed by atoms with Crippen molar-refractivity contribution in [2.75, 3.05) is 6.61 Å². The normalized spacial score (nSPS) is 12.5. The molecule has 0 fully saturated rings. The zero-order chi connectivity index (χ0) is 17.2. The second-order valence-electron chi connectivity index (χ2n) is 7.75. The fourth-order valence-corrected chi connectivity index (χ4v) is 3.00. The highest BCUT2D eigenvalue weighted by atomic mass is 28.4. The summed E-state index contributed by atoms with van der Waals surface area (Å²) >= 11 is 0. The van der Waals surface area contributed by atoms with Crippen molar-refractivity contribution >= 4 is 19.9 Å². The summed E-state index contributed by atoms with van der Waals surface area (Å²) in [5.41, 5.74) is 0. The van der Waals surface area contributed by atoms with Gasteiger partial charge >= 0.3 is 0 Å². The number of hydrogen-bond donors (Lipinski definition) is 0. The van der Waals surface area contributed by atoms with Gasteiger partial charge in [-0.25, -0.2) is 0 Å². The molecule has 130 valence electrons. The summed E-state index contributed by atoms with van der Waals surface area (Å²) in [5, 5.41) is 0.210. The van der Waals surface area contributed by atoms with E-state index in [2.05, 4.69) is 40.8 Å². The summed E-state index contributed by atoms with van der Waals surface area (Å²) in [7, 11) is -1.70. The van der Waals surface area contributed by atoms with Crippen molar-refractivity contribution in [3.63, 3.8) is 0 Å². The van der Waals surface area contributed by atoms with Crippen LogP contribution in [-0.2, 0) is 14.0 Å². The summed E-state index contributed by atoms with van der Waals surface area (Å²) in [6.07, 6.45) is 5.97. The van der Waals surface area contributed by atoms with Gasteiger partial charge in [0, 0.05) is 32.3 Å². The molecule has 0 bridgehead atoms. The minimum absolute atomic E-state index is 0.197. The van der Waals surface area contributed by atoms with Crippen molar-refractivity contribution in [3.05, 3.63) is 0 Å². The van der Waals surface area contributed by atoms with Crippen LogP contribution in [0.2, 0.25) is 18.1 Å². The quantitative estimate of drug-likeness (QED) is 0.361. The third-order valence-corrected chi connectivity index (χ3v) is 9.15. The maximum Gasteiger partial charge on any atom is 0.191 e. The Labute approximate surface area is 138 Å². The van der Waals surface area contributed by atoms with Crippen LogP contribution < -0.4 is 0 Å². The average Bonchev–Trinajstić information content (AvgIpc) is 2.40. The lowest BCUT2D eigenvalue weighted by Crippen LogP contribution is -2.41. The van der Waals surface area contributed by atoms with E-state index in [1.54, 1.807) is 0 Å². The summed E-state index contributed by atoms with van der Waals surface area (Å²) in [5.74, 6) is 0.432. The first-order valence-corrected chi connectivity index (χ1v) is 11.7. The van der Waals surface area contributed by atoms with Crippen LogP contribution in [0.5, 0.6) is 0 Å². The zero-order valence-corrected chi connectivity index (χ0v) is 16.6. The molecule has 0 aliphatic rings. The Bertz CT molecular complexity index is 343. The predicted molar refractivity (Wildman–Crippen MR) is 95.8 cm³/mol. The molecule has 3 nitrogen and oxygen atoms in total. The van der Waals surface area contributed by atoms with Crippen LogP contribution >= 0.6 is 0 Å². The van der Waals surface area contributed by atoms with E-state index in [4.69, 9.17) is 4.43 Å². The van der Waals surface area contributed by atoms with Crippen molar-refractivity contribution in [3.8, 4) is 0 Å². The van der Waals surface area contributed by atoms with Gasteiger partial charge in [-0.1, -0.05) is 40.5 Å². The number of carbonyl (C=O) groups excluding carboxylic acids is 2. The van der Waals surface area contributed by atoms with E-state index in [-0.39, 0.29) is 16.6 Å². The molecular weight excluding hydrogens is 292 g/mol. The molecule has 0 aromatic rings. The van der Waals surface area contributed by atoms with E-state index in [1.165, 1.54) is 0 Å². The summed E-state index contributed by atoms with van der Waals surface area (Å²) in [4.78, 5) is 23.4. The highest BCUT2D eigenvalue weighted by Crippen LogP contribution is 2.36. The number of rotatable bonds is 12. The van der Waals surface area contributed by atoms with E-state index < -0.39 is 8.32 Å². The van der Waals surface area contributed by atoms with Gasteiger partial charge in [-0.05, 0) is 31.0 Å². The molecule has 0 saturated heterocycles. The van der Waals surface area contributed by atoms with E-state index in [0.717, 1.165) is 25.7 Å². The predicted octanol–water partition coefficient (Wildman–Crippen LogP) is 5.29. The maximum atomic E-state index is 11.8. The van der Waals surface area contributed by atoms with Gasteiger partial charge in [-0.3, -0.25) is 9.59 Å². The van der Waals surface area contributed by atoms with Crippen molar-refractivity contribution in [2.24, 2.45) is 0 Å². The Morgan fingerprint density at radius 3 is 1.82 bits per heavy atom. The van der Waals surface area contributed by atoms with E-state index in [0.29, 0.717) is 32.3 Å². The number of carbonyl (C=O) groups is 2. The molecule has 0 aromatic carbocycles. The summed E-state index contributed by atoms with van der Waals surface area (Å²) < 4.78 is 6.06. The molecule has 0 aromatic heterocycles. The van der Waals surface area contributed by atoms with Gasteiger partial charge in [0.15, 0.2) is 8.32 Å². The Morgan fingerprint density at radius 2 is 1.36 bits per heavy atom. The summed E-state index contributed by atoms with van der Waals surface area (Å²) in [6, 6.07) is 0. The molecule has 22 heavy (non-hydrogen) atoms. The number of unbranched alkanes of at least 4 members (excludes halogenated alkanes) is 2. The third-order valence-electron chi connectivity index (χ3n) is 4.61. The van der Waals surface area contributed by atoms with Crippen LogP contribution in [0.25, 0.3) is 0 Å². The molecule has 0 atom stereocenters. The van der Waals surface area contributed by atoms with Crippen LogP contribution in [-0.4, -0.2) is 26.5 Å².